The van der Waals surface area contributed by atoms with Gasteiger partial charge in [0, 0.05) is 63.2 Å². The normalized spacial score (nSPS) is 12.1. The number of rotatable bonds is 8. The van der Waals surface area contributed by atoms with E-state index in [9.17, 15) is 22.2 Å². The molecule has 2 N–H and O–H groups in total. The number of benzene rings is 1. The highest BCUT2D eigenvalue weighted by atomic mass is 32.2. The summed E-state index contributed by atoms with van der Waals surface area (Å²) >= 11 is 0. The van der Waals surface area contributed by atoms with Gasteiger partial charge in [0.2, 0.25) is 5.95 Å². The molecule has 1 unspecified atom stereocenters. The molecule has 0 saturated heterocycles. The van der Waals surface area contributed by atoms with E-state index in [2.05, 4.69) is 25.6 Å². The van der Waals surface area contributed by atoms with Crippen LogP contribution in [0.2, 0.25) is 0 Å². The molecular weight excluding hydrogens is 483 g/mol. The van der Waals surface area contributed by atoms with Crippen molar-refractivity contribution in [3.8, 4) is 0 Å². The van der Waals surface area contributed by atoms with Crippen LogP contribution in [0.5, 0.6) is 0 Å². The van der Waals surface area contributed by atoms with Gasteiger partial charge in [-0.3, -0.25) is 9.10 Å². The Labute approximate surface area is 203 Å². The molecule has 3 rings (SSSR count). The number of halogens is 3. The lowest BCUT2D eigenvalue weighted by Gasteiger charge is -2.19. The first-order valence-electron chi connectivity index (χ1n) is 10.3. The molecule has 0 aliphatic carbocycles. The van der Waals surface area contributed by atoms with Crippen LogP contribution in [0.25, 0.3) is 0 Å². The summed E-state index contributed by atoms with van der Waals surface area (Å²) in [6, 6.07) is 9.76. The van der Waals surface area contributed by atoms with E-state index in [-0.39, 0.29) is 18.4 Å². The van der Waals surface area contributed by atoms with Gasteiger partial charge in [-0.1, -0.05) is 12.1 Å². The third-order valence-electron chi connectivity index (χ3n) is 4.86. The van der Waals surface area contributed by atoms with Crippen LogP contribution in [0.3, 0.4) is 0 Å². The van der Waals surface area contributed by atoms with E-state index in [0.29, 0.717) is 28.8 Å². The van der Waals surface area contributed by atoms with Crippen LogP contribution < -0.4 is 14.9 Å². The predicted octanol–water partition coefficient (Wildman–Crippen LogP) is 3.68. The minimum absolute atomic E-state index is 0.0585. The van der Waals surface area contributed by atoms with Crippen LogP contribution in [0.15, 0.2) is 48.8 Å². The molecule has 1 aromatic carbocycles. The first-order chi connectivity index (χ1) is 16.5. The summed E-state index contributed by atoms with van der Waals surface area (Å²) in [5, 5.41) is 5.54. The number of carbonyl (C=O) groups excluding carboxylic acids is 1. The number of anilines is 4. The van der Waals surface area contributed by atoms with Crippen molar-refractivity contribution in [2.24, 2.45) is 0 Å². The van der Waals surface area contributed by atoms with Crippen molar-refractivity contribution in [1.29, 1.82) is 0 Å². The Morgan fingerprint density at radius 2 is 1.86 bits per heavy atom. The zero-order chi connectivity index (χ0) is 25.8. The van der Waals surface area contributed by atoms with Gasteiger partial charge in [0.25, 0.3) is 5.91 Å². The molecular formula is C22H24F3N7O2S. The number of hydrogen-bond donors (Lipinski definition) is 2. The first kappa shape index (κ1) is 25.9. The van der Waals surface area contributed by atoms with Gasteiger partial charge >= 0.3 is 6.18 Å². The second-order valence-electron chi connectivity index (χ2n) is 7.62. The lowest BCUT2D eigenvalue weighted by atomic mass is 10.2. The summed E-state index contributed by atoms with van der Waals surface area (Å²) in [6.07, 6.45) is -1.04. The molecule has 1 amide bonds. The molecule has 2 heterocycles. The van der Waals surface area contributed by atoms with E-state index in [1.54, 1.807) is 57.5 Å². The predicted molar refractivity (Wildman–Crippen MR) is 129 cm³/mol. The Morgan fingerprint density at radius 3 is 2.51 bits per heavy atom. The lowest BCUT2D eigenvalue weighted by Crippen LogP contribution is -2.22. The van der Waals surface area contributed by atoms with E-state index in [1.807, 2.05) is 0 Å². The fourth-order valence-corrected chi connectivity index (χ4v) is 3.46. The summed E-state index contributed by atoms with van der Waals surface area (Å²) < 4.78 is 54.1. The zero-order valence-corrected chi connectivity index (χ0v) is 20.2. The smallest absolute Gasteiger partial charge is 0.365 e. The third-order valence-corrected chi connectivity index (χ3v) is 5.81. The van der Waals surface area contributed by atoms with Crippen LogP contribution >= 0.6 is 0 Å². The van der Waals surface area contributed by atoms with Crippen molar-refractivity contribution in [1.82, 2.24) is 19.9 Å². The highest BCUT2D eigenvalue weighted by Crippen LogP contribution is 2.34. The molecule has 13 heteroatoms. The van der Waals surface area contributed by atoms with Gasteiger partial charge in [-0.25, -0.2) is 14.2 Å². The average molecular weight is 508 g/mol. The second kappa shape index (κ2) is 10.7. The number of nitrogens with one attached hydrogen (secondary N) is 2. The number of nitrogens with zero attached hydrogens (tertiary/aromatic N) is 5. The number of alkyl halides is 3. The van der Waals surface area contributed by atoms with E-state index < -0.39 is 28.5 Å². The van der Waals surface area contributed by atoms with Crippen LogP contribution in [0.1, 0.15) is 21.5 Å². The fourth-order valence-electron chi connectivity index (χ4n) is 3.05. The maximum atomic E-state index is 13.6. The molecule has 35 heavy (non-hydrogen) atoms. The molecule has 0 aliphatic heterocycles. The van der Waals surface area contributed by atoms with E-state index >= 15 is 0 Å². The number of hydrogen-bond acceptors (Lipinski definition) is 7. The standard InChI is InChI=1S/C22H24F3N7O2S/c1-31(2)20(33)14-7-5-9-16(11-14)29-21-28-13-17(22(23,24)25)18(30-21)27-12-15-8-6-10-26-19(15)32(3)35(4)34/h5-11,13H,12H2,1-4H3,(H2,27,28,29,30). The molecule has 1 atom stereocenters. The maximum absolute atomic E-state index is 13.6. The van der Waals surface area contributed by atoms with Crippen molar-refractivity contribution in [2.45, 2.75) is 12.7 Å². The summed E-state index contributed by atoms with van der Waals surface area (Å²) in [7, 11) is 3.43. The lowest BCUT2D eigenvalue weighted by molar-refractivity contribution is -0.137. The van der Waals surface area contributed by atoms with E-state index in [4.69, 9.17) is 0 Å². The second-order valence-corrected chi connectivity index (χ2v) is 9.02. The van der Waals surface area contributed by atoms with Crippen molar-refractivity contribution < 1.29 is 22.2 Å². The van der Waals surface area contributed by atoms with Gasteiger partial charge < -0.3 is 15.5 Å². The maximum Gasteiger partial charge on any atom is 0.421 e. The Morgan fingerprint density at radius 1 is 1.11 bits per heavy atom. The summed E-state index contributed by atoms with van der Waals surface area (Å²) in [5.74, 6) is -0.391. The average Bonchev–Trinajstić information content (AvgIpc) is 2.81. The van der Waals surface area contributed by atoms with Crippen LogP contribution in [0.4, 0.5) is 36.4 Å². The molecule has 0 bridgehead atoms. The van der Waals surface area contributed by atoms with Gasteiger partial charge in [0.15, 0.2) is 0 Å². The minimum Gasteiger partial charge on any atom is -0.365 e. The molecule has 0 aliphatic rings. The van der Waals surface area contributed by atoms with Crippen molar-refractivity contribution in [2.75, 3.05) is 42.3 Å². The summed E-state index contributed by atoms with van der Waals surface area (Å²) in [6.45, 7) is -0.0585. The fraction of sp³-hybridized carbons (Fsp3) is 0.273. The van der Waals surface area contributed by atoms with E-state index in [1.165, 1.54) is 21.7 Å². The van der Waals surface area contributed by atoms with Crippen molar-refractivity contribution in [3.63, 3.8) is 0 Å². The number of carbonyl (C=O) groups is 1. The first-order valence-corrected chi connectivity index (χ1v) is 11.8. The molecule has 0 spiro atoms. The van der Waals surface area contributed by atoms with Crippen LogP contribution in [-0.2, 0) is 23.7 Å². The Balaban J connectivity index is 1.90. The quantitative estimate of drug-likeness (QED) is 0.480. The Bertz CT molecular complexity index is 1240. The molecule has 0 radical (unpaired) electrons. The molecule has 0 fully saturated rings. The molecule has 186 valence electrons. The molecule has 3 aromatic rings. The Kier molecular flexibility index (Phi) is 7.89. The topological polar surface area (TPSA) is 103 Å². The Hall–Kier alpha value is -3.74. The monoisotopic (exact) mass is 507 g/mol. The zero-order valence-electron chi connectivity index (χ0n) is 19.4. The van der Waals surface area contributed by atoms with Gasteiger partial charge in [0.05, 0.1) is 0 Å². The van der Waals surface area contributed by atoms with Gasteiger partial charge in [-0.05, 0) is 24.3 Å². The molecule has 0 saturated carbocycles. The van der Waals surface area contributed by atoms with Gasteiger partial charge in [-0.2, -0.15) is 18.2 Å². The largest absolute Gasteiger partial charge is 0.421 e. The summed E-state index contributed by atoms with van der Waals surface area (Å²) in [4.78, 5) is 25.6. The van der Waals surface area contributed by atoms with Crippen molar-refractivity contribution in [3.05, 3.63) is 65.5 Å². The molecule has 9 nitrogen and oxygen atoms in total. The highest BCUT2D eigenvalue weighted by molar-refractivity contribution is 7.85. The number of pyridine rings is 1. The minimum atomic E-state index is -4.70. The van der Waals surface area contributed by atoms with Crippen LogP contribution in [-0.4, -0.2) is 57.4 Å². The third kappa shape index (κ3) is 6.44. The summed E-state index contributed by atoms with van der Waals surface area (Å²) in [5.41, 5.74) is 0.315. The van der Waals surface area contributed by atoms with E-state index in [0.717, 1.165) is 0 Å². The van der Waals surface area contributed by atoms with Crippen LogP contribution in [0, 0.1) is 0 Å². The number of aromatic nitrogens is 3. The van der Waals surface area contributed by atoms with Gasteiger partial charge in [0.1, 0.15) is 28.2 Å². The molecule has 2 aromatic heterocycles. The highest BCUT2D eigenvalue weighted by Gasteiger charge is 2.35. The number of amides is 1. The van der Waals surface area contributed by atoms with Gasteiger partial charge in [-0.15, -0.1) is 0 Å². The SMILES string of the molecule is CN(C)C(=O)c1cccc(Nc2ncc(C(F)(F)F)c(NCc3cccnc3N(C)S(C)=O)n2)c1. The van der Waals surface area contributed by atoms with Crippen molar-refractivity contribution >= 4 is 40.2 Å².